The molecule has 1 aromatic carbocycles. The standard InChI is InChI=1S/C18H19FN2O3/c19-12-1-2-14-13(11-12)15(3-8-20-14)21-9-6-18(24,7-10-21)17(4-5-17)16(22)23/h1-3,8,11,24H,4-7,9-10H2,(H,22,23). The zero-order valence-electron chi connectivity index (χ0n) is 13.2. The molecule has 2 aromatic rings. The van der Waals surface area contributed by atoms with Gasteiger partial charge in [-0.15, -0.1) is 0 Å². The van der Waals surface area contributed by atoms with Crippen LogP contribution in [0.2, 0.25) is 0 Å². The van der Waals surface area contributed by atoms with Crippen molar-refractivity contribution in [2.24, 2.45) is 5.41 Å². The summed E-state index contributed by atoms with van der Waals surface area (Å²) in [6, 6.07) is 6.35. The molecular weight excluding hydrogens is 311 g/mol. The van der Waals surface area contributed by atoms with Gasteiger partial charge in [0.25, 0.3) is 0 Å². The van der Waals surface area contributed by atoms with E-state index in [4.69, 9.17) is 0 Å². The largest absolute Gasteiger partial charge is 0.481 e. The summed E-state index contributed by atoms with van der Waals surface area (Å²) < 4.78 is 13.6. The van der Waals surface area contributed by atoms with Crippen LogP contribution in [0.15, 0.2) is 30.5 Å². The number of aromatic nitrogens is 1. The SMILES string of the molecule is O=C(O)C1(C2(O)CCN(c3ccnc4ccc(F)cc34)CC2)CC1. The highest BCUT2D eigenvalue weighted by molar-refractivity contribution is 5.91. The van der Waals surface area contributed by atoms with E-state index in [1.165, 1.54) is 12.1 Å². The van der Waals surface area contributed by atoms with Gasteiger partial charge in [-0.1, -0.05) is 0 Å². The zero-order chi connectivity index (χ0) is 16.9. The fraction of sp³-hybridized carbons (Fsp3) is 0.444. The number of piperidine rings is 1. The van der Waals surface area contributed by atoms with Gasteiger partial charge in [0.15, 0.2) is 0 Å². The van der Waals surface area contributed by atoms with E-state index in [-0.39, 0.29) is 5.82 Å². The van der Waals surface area contributed by atoms with E-state index in [1.54, 1.807) is 12.3 Å². The van der Waals surface area contributed by atoms with Gasteiger partial charge in [-0.05, 0) is 49.9 Å². The van der Waals surface area contributed by atoms with E-state index in [1.807, 2.05) is 6.07 Å². The number of nitrogens with zero attached hydrogens (tertiary/aromatic N) is 2. The zero-order valence-corrected chi connectivity index (χ0v) is 13.2. The molecule has 0 amide bonds. The van der Waals surface area contributed by atoms with Crippen molar-refractivity contribution >= 4 is 22.6 Å². The maximum atomic E-state index is 13.6. The molecule has 1 aliphatic heterocycles. The highest BCUT2D eigenvalue weighted by atomic mass is 19.1. The first-order valence-corrected chi connectivity index (χ1v) is 8.20. The van der Waals surface area contributed by atoms with E-state index in [9.17, 15) is 19.4 Å². The lowest BCUT2D eigenvalue weighted by Gasteiger charge is -2.43. The molecule has 5 nitrogen and oxygen atoms in total. The summed E-state index contributed by atoms with van der Waals surface area (Å²) in [7, 11) is 0. The van der Waals surface area contributed by atoms with Crippen molar-refractivity contribution in [3.63, 3.8) is 0 Å². The van der Waals surface area contributed by atoms with Crippen LogP contribution in [0.5, 0.6) is 0 Å². The lowest BCUT2D eigenvalue weighted by Crippen LogP contribution is -2.52. The van der Waals surface area contributed by atoms with Gasteiger partial charge in [-0.3, -0.25) is 9.78 Å². The van der Waals surface area contributed by atoms with Gasteiger partial charge in [-0.25, -0.2) is 4.39 Å². The molecule has 0 radical (unpaired) electrons. The topological polar surface area (TPSA) is 73.7 Å². The van der Waals surface area contributed by atoms with Crippen molar-refractivity contribution in [2.45, 2.75) is 31.3 Å². The number of carboxylic acid groups (broad SMARTS) is 1. The van der Waals surface area contributed by atoms with Crippen molar-refractivity contribution in [2.75, 3.05) is 18.0 Å². The third-order valence-electron chi connectivity index (χ3n) is 5.66. The maximum absolute atomic E-state index is 13.6. The van der Waals surface area contributed by atoms with Gasteiger partial charge < -0.3 is 15.1 Å². The molecule has 0 spiro atoms. The van der Waals surface area contributed by atoms with Crippen molar-refractivity contribution < 1.29 is 19.4 Å². The molecule has 2 heterocycles. The van der Waals surface area contributed by atoms with Crippen molar-refractivity contribution in [1.82, 2.24) is 4.98 Å². The fourth-order valence-electron chi connectivity index (χ4n) is 3.98. The molecule has 24 heavy (non-hydrogen) atoms. The molecule has 6 heteroatoms. The van der Waals surface area contributed by atoms with Crippen LogP contribution in [-0.2, 0) is 4.79 Å². The lowest BCUT2D eigenvalue weighted by atomic mass is 9.76. The summed E-state index contributed by atoms with van der Waals surface area (Å²) >= 11 is 0. The second kappa shape index (κ2) is 5.14. The van der Waals surface area contributed by atoms with Crippen molar-refractivity contribution in [1.29, 1.82) is 0 Å². The fourth-order valence-corrected chi connectivity index (χ4v) is 3.98. The molecule has 0 unspecified atom stereocenters. The third kappa shape index (κ3) is 2.17. The van der Waals surface area contributed by atoms with E-state index < -0.39 is 17.0 Å². The molecule has 2 N–H and O–H groups in total. The van der Waals surface area contributed by atoms with Gasteiger partial charge in [0.05, 0.1) is 16.5 Å². The van der Waals surface area contributed by atoms with Crippen LogP contribution in [-0.4, -0.2) is 39.9 Å². The van der Waals surface area contributed by atoms with Crippen molar-refractivity contribution in [3.05, 3.63) is 36.3 Å². The molecule has 126 valence electrons. The first-order valence-electron chi connectivity index (χ1n) is 8.20. The Morgan fingerprint density at radius 3 is 2.50 bits per heavy atom. The van der Waals surface area contributed by atoms with E-state index in [0.29, 0.717) is 38.8 Å². The van der Waals surface area contributed by atoms with Gasteiger partial charge >= 0.3 is 5.97 Å². The molecule has 0 bridgehead atoms. The normalized spacial score (nSPS) is 21.7. The number of carboxylic acids is 1. The number of rotatable bonds is 3. The predicted molar refractivity (Wildman–Crippen MR) is 87.4 cm³/mol. The van der Waals surface area contributed by atoms with E-state index >= 15 is 0 Å². The van der Waals surface area contributed by atoms with Crippen LogP contribution in [0.3, 0.4) is 0 Å². The highest BCUT2D eigenvalue weighted by Gasteiger charge is 2.64. The summed E-state index contributed by atoms with van der Waals surface area (Å²) in [5.41, 5.74) is -0.518. The van der Waals surface area contributed by atoms with Crippen LogP contribution >= 0.6 is 0 Å². The number of aliphatic hydroxyl groups is 1. The minimum absolute atomic E-state index is 0.312. The van der Waals surface area contributed by atoms with E-state index in [0.717, 1.165) is 16.6 Å². The average Bonchev–Trinajstić information content (AvgIpc) is 3.38. The summed E-state index contributed by atoms with van der Waals surface area (Å²) in [6.45, 7) is 1.09. The number of fused-ring (bicyclic) bond motifs is 1. The maximum Gasteiger partial charge on any atom is 0.312 e. The summed E-state index contributed by atoms with van der Waals surface area (Å²) in [5, 5.41) is 21.1. The summed E-state index contributed by atoms with van der Waals surface area (Å²) in [6.07, 6.45) is 3.58. The number of benzene rings is 1. The number of carbonyl (C=O) groups is 1. The predicted octanol–water partition coefficient (Wildman–Crippen LogP) is 2.57. The Labute approximate surface area is 138 Å². The molecule has 1 aliphatic carbocycles. The second-order valence-corrected chi connectivity index (χ2v) is 6.90. The number of anilines is 1. The smallest absolute Gasteiger partial charge is 0.312 e. The highest BCUT2D eigenvalue weighted by Crippen LogP contribution is 2.58. The molecule has 0 atom stereocenters. The first-order chi connectivity index (χ1) is 11.5. The van der Waals surface area contributed by atoms with Gasteiger partial charge in [0.2, 0.25) is 0 Å². The van der Waals surface area contributed by atoms with Crippen LogP contribution < -0.4 is 4.90 Å². The Bertz CT molecular complexity index is 811. The van der Waals surface area contributed by atoms with Gasteiger partial charge in [-0.2, -0.15) is 0 Å². The minimum atomic E-state index is -1.15. The Kier molecular flexibility index (Phi) is 3.28. The van der Waals surface area contributed by atoms with Crippen LogP contribution in [0.25, 0.3) is 10.9 Å². The monoisotopic (exact) mass is 330 g/mol. The lowest BCUT2D eigenvalue weighted by molar-refractivity contribution is -0.158. The van der Waals surface area contributed by atoms with Gasteiger partial charge in [0, 0.05) is 30.4 Å². The quantitative estimate of drug-likeness (QED) is 0.905. The third-order valence-corrected chi connectivity index (χ3v) is 5.66. The minimum Gasteiger partial charge on any atom is -0.481 e. The Morgan fingerprint density at radius 1 is 1.17 bits per heavy atom. The Balaban J connectivity index is 1.61. The molecule has 1 saturated heterocycles. The molecule has 1 saturated carbocycles. The second-order valence-electron chi connectivity index (χ2n) is 6.90. The number of hydrogen-bond acceptors (Lipinski definition) is 4. The number of halogens is 1. The number of aliphatic carboxylic acids is 1. The Morgan fingerprint density at radius 2 is 1.88 bits per heavy atom. The molecule has 1 aromatic heterocycles. The van der Waals surface area contributed by atoms with Crippen molar-refractivity contribution in [3.8, 4) is 0 Å². The van der Waals surface area contributed by atoms with E-state index in [2.05, 4.69) is 9.88 Å². The number of hydrogen-bond donors (Lipinski definition) is 2. The molecule has 4 rings (SSSR count). The molecular formula is C18H19FN2O3. The molecule has 2 aliphatic rings. The summed E-state index contributed by atoms with van der Waals surface area (Å²) in [5.74, 6) is -1.21. The summed E-state index contributed by atoms with van der Waals surface area (Å²) in [4.78, 5) is 17.9. The number of pyridine rings is 1. The average molecular weight is 330 g/mol. The van der Waals surface area contributed by atoms with Crippen LogP contribution in [0.4, 0.5) is 10.1 Å². The van der Waals surface area contributed by atoms with Gasteiger partial charge in [0.1, 0.15) is 5.82 Å². The first kappa shape index (κ1) is 15.3. The molecule has 2 fully saturated rings. The van der Waals surface area contributed by atoms with Crippen LogP contribution in [0.1, 0.15) is 25.7 Å². The Hall–Kier alpha value is -2.21. The van der Waals surface area contributed by atoms with Crippen LogP contribution in [0, 0.1) is 11.2 Å².